The van der Waals surface area contributed by atoms with Crippen LogP contribution in [0.15, 0.2) is 164 Å². The van der Waals surface area contributed by atoms with Crippen LogP contribution in [0.1, 0.15) is 25.0 Å². The van der Waals surface area contributed by atoms with Gasteiger partial charge in [-0.2, -0.15) is 0 Å². The maximum atomic E-state index is 2.38. The second kappa shape index (κ2) is 10.2. The van der Waals surface area contributed by atoms with E-state index in [1.807, 2.05) is 0 Å². The van der Waals surface area contributed by atoms with E-state index in [2.05, 4.69) is 183 Å². The fourth-order valence-corrected chi connectivity index (χ4v) is 7.76. The smallest absolute Gasteiger partial charge is 0.0468 e. The van der Waals surface area contributed by atoms with Gasteiger partial charge in [-0.3, -0.25) is 0 Å². The molecule has 1 aliphatic carbocycles. The molecule has 1 heteroatoms. The SMILES string of the molecule is CC1(C)c2ccccc2-c2c1ccc1c2ccc2ccc3cc(N(c4ccccc4)c4ccc(-c5ccccc5)cc4)ccc3c21. The molecule has 0 atom stereocenters. The Morgan fingerprint density at radius 1 is 0.413 bits per heavy atom. The standard InChI is InChI=1S/C45H33N/c1-45(2)41-16-10-9-15-40(41)44-39-25-21-32-17-18-33-29-36(24-26-37(33)43(32)38(39)27-28-42(44)45)46(34-13-7-4-8-14-34)35-22-19-31(20-23-35)30-11-5-3-6-12-30/h3-29H,1-2H3. The van der Waals surface area contributed by atoms with Crippen molar-refractivity contribution < 1.29 is 0 Å². The topological polar surface area (TPSA) is 3.24 Å². The largest absolute Gasteiger partial charge is 0.310 e. The maximum Gasteiger partial charge on any atom is 0.0468 e. The number of hydrogen-bond acceptors (Lipinski definition) is 1. The van der Waals surface area contributed by atoms with E-state index < -0.39 is 0 Å². The highest BCUT2D eigenvalue weighted by molar-refractivity contribution is 6.23. The quantitative estimate of drug-likeness (QED) is 0.185. The van der Waals surface area contributed by atoms with Crippen LogP contribution in [0.5, 0.6) is 0 Å². The lowest BCUT2D eigenvalue weighted by Gasteiger charge is -2.26. The van der Waals surface area contributed by atoms with Gasteiger partial charge >= 0.3 is 0 Å². The Bertz CT molecular complexity index is 2420. The Morgan fingerprint density at radius 3 is 1.80 bits per heavy atom. The van der Waals surface area contributed by atoms with E-state index in [0.717, 1.165) is 17.1 Å². The summed E-state index contributed by atoms with van der Waals surface area (Å²) < 4.78 is 0. The highest BCUT2D eigenvalue weighted by atomic mass is 15.1. The van der Waals surface area contributed by atoms with Gasteiger partial charge in [-0.25, -0.2) is 0 Å². The first kappa shape index (κ1) is 26.7. The lowest BCUT2D eigenvalue weighted by molar-refractivity contribution is 0.661. The van der Waals surface area contributed by atoms with Gasteiger partial charge in [-0.05, 0) is 102 Å². The third kappa shape index (κ3) is 4.02. The molecule has 0 N–H and O–H groups in total. The zero-order chi connectivity index (χ0) is 30.8. The Balaban J connectivity index is 1.22. The van der Waals surface area contributed by atoms with E-state index in [1.54, 1.807) is 0 Å². The van der Waals surface area contributed by atoms with Crippen LogP contribution in [0.4, 0.5) is 17.1 Å². The van der Waals surface area contributed by atoms with Crippen molar-refractivity contribution in [2.75, 3.05) is 4.90 Å². The normalized spacial score (nSPS) is 13.2. The molecule has 218 valence electrons. The fraction of sp³-hybridized carbons (Fsp3) is 0.0667. The molecule has 0 heterocycles. The lowest BCUT2D eigenvalue weighted by Crippen LogP contribution is -2.14. The number of para-hydroxylation sites is 1. The average Bonchev–Trinajstić information content (AvgIpc) is 3.35. The van der Waals surface area contributed by atoms with Gasteiger partial charge in [-0.15, -0.1) is 0 Å². The van der Waals surface area contributed by atoms with Gasteiger partial charge in [0.25, 0.3) is 0 Å². The van der Waals surface area contributed by atoms with Gasteiger partial charge in [0.05, 0.1) is 0 Å². The molecule has 0 unspecified atom stereocenters. The van der Waals surface area contributed by atoms with Crippen LogP contribution in [-0.4, -0.2) is 0 Å². The number of rotatable bonds is 4. The van der Waals surface area contributed by atoms with Crippen LogP contribution in [0.3, 0.4) is 0 Å². The molecule has 0 saturated heterocycles. The maximum absolute atomic E-state index is 2.38. The number of benzene rings is 8. The molecule has 0 radical (unpaired) electrons. The molecule has 1 nitrogen and oxygen atoms in total. The minimum absolute atomic E-state index is 0.0110. The van der Waals surface area contributed by atoms with E-state index >= 15 is 0 Å². The third-order valence-electron chi connectivity index (χ3n) is 10.0. The van der Waals surface area contributed by atoms with Gasteiger partial charge in [0.15, 0.2) is 0 Å². The molecule has 0 aromatic heterocycles. The molecule has 1 aliphatic rings. The van der Waals surface area contributed by atoms with E-state index in [9.17, 15) is 0 Å². The lowest BCUT2D eigenvalue weighted by atomic mass is 9.82. The summed E-state index contributed by atoms with van der Waals surface area (Å²) in [6, 6.07) is 60.0. The van der Waals surface area contributed by atoms with Crippen LogP contribution in [0.2, 0.25) is 0 Å². The monoisotopic (exact) mass is 587 g/mol. The van der Waals surface area contributed by atoms with E-state index in [0.29, 0.717) is 0 Å². The summed E-state index contributed by atoms with van der Waals surface area (Å²) in [4.78, 5) is 2.35. The van der Waals surface area contributed by atoms with Gasteiger partial charge in [0, 0.05) is 22.5 Å². The summed E-state index contributed by atoms with van der Waals surface area (Å²) >= 11 is 0. The van der Waals surface area contributed by atoms with Crippen molar-refractivity contribution in [1.82, 2.24) is 0 Å². The summed E-state index contributed by atoms with van der Waals surface area (Å²) in [6.07, 6.45) is 0. The second-order valence-corrected chi connectivity index (χ2v) is 13.0. The fourth-order valence-electron chi connectivity index (χ4n) is 7.76. The third-order valence-corrected chi connectivity index (χ3v) is 10.0. The Morgan fingerprint density at radius 2 is 1.00 bits per heavy atom. The van der Waals surface area contributed by atoms with Crippen molar-refractivity contribution in [2.45, 2.75) is 19.3 Å². The summed E-state index contributed by atoms with van der Waals surface area (Å²) in [5.41, 5.74) is 11.4. The molecule has 8 aromatic rings. The zero-order valence-corrected chi connectivity index (χ0v) is 26.0. The van der Waals surface area contributed by atoms with Crippen molar-refractivity contribution in [3.63, 3.8) is 0 Å². The zero-order valence-electron chi connectivity index (χ0n) is 26.0. The van der Waals surface area contributed by atoms with Crippen molar-refractivity contribution in [2.24, 2.45) is 0 Å². The predicted molar refractivity (Wildman–Crippen MR) is 197 cm³/mol. The molecule has 9 rings (SSSR count). The van der Waals surface area contributed by atoms with Crippen LogP contribution >= 0.6 is 0 Å². The molecular weight excluding hydrogens is 555 g/mol. The van der Waals surface area contributed by atoms with Gasteiger partial charge in [0.2, 0.25) is 0 Å². The number of hydrogen-bond donors (Lipinski definition) is 0. The molecule has 0 aliphatic heterocycles. The first-order valence-corrected chi connectivity index (χ1v) is 16.1. The second-order valence-electron chi connectivity index (χ2n) is 13.0. The molecule has 8 aromatic carbocycles. The molecule has 46 heavy (non-hydrogen) atoms. The minimum atomic E-state index is -0.0110. The van der Waals surface area contributed by atoms with Crippen molar-refractivity contribution >= 4 is 49.4 Å². The number of nitrogens with zero attached hydrogens (tertiary/aromatic N) is 1. The van der Waals surface area contributed by atoms with Gasteiger partial charge < -0.3 is 4.90 Å². The van der Waals surface area contributed by atoms with Gasteiger partial charge in [-0.1, -0.05) is 141 Å². The summed E-state index contributed by atoms with van der Waals surface area (Å²) in [6.45, 7) is 4.71. The van der Waals surface area contributed by atoms with E-state index in [1.165, 1.54) is 65.7 Å². The average molecular weight is 588 g/mol. The molecule has 0 amide bonds. The van der Waals surface area contributed by atoms with Crippen LogP contribution < -0.4 is 4.90 Å². The van der Waals surface area contributed by atoms with Crippen LogP contribution in [0, 0.1) is 0 Å². The van der Waals surface area contributed by atoms with Gasteiger partial charge in [0.1, 0.15) is 0 Å². The molecular formula is C45H33N. The van der Waals surface area contributed by atoms with Crippen molar-refractivity contribution in [3.8, 4) is 22.3 Å². The summed E-state index contributed by atoms with van der Waals surface area (Å²) in [5, 5.41) is 7.77. The first-order valence-electron chi connectivity index (χ1n) is 16.1. The van der Waals surface area contributed by atoms with E-state index in [-0.39, 0.29) is 5.41 Å². The highest BCUT2D eigenvalue weighted by Crippen LogP contribution is 2.52. The van der Waals surface area contributed by atoms with Crippen LogP contribution in [-0.2, 0) is 5.41 Å². The molecule has 0 saturated carbocycles. The predicted octanol–water partition coefficient (Wildman–Crippen LogP) is 12.6. The minimum Gasteiger partial charge on any atom is -0.310 e. The Kier molecular flexibility index (Phi) is 5.92. The summed E-state index contributed by atoms with van der Waals surface area (Å²) in [7, 11) is 0. The Labute approximate surface area is 270 Å². The Hall–Kier alpha value is -5.66. The number of fused-ring (bicyclic) bond motifs is 9. The molecule has 0 spiro atoms. The molecule has 0 fully saturated rings. The van der Waals surface area contributed by atoms with Crippen LogP contribution in [0.25, 0.3) is 54.6 Å². The summed E-state index contributed by atoms with van der Waals surface area (Å²) in [5.74, 6) is 0. The van der Waals surface area contributed by atoms with E-state index in [4.69, 9.17) is 0 Å². The molecule has 0 bridgehead atoms. The number of anilines is 3. The highest BCUT2D eigenvalue weighted by Gasteiger charge is 2.36. The van der Waals surface area contributed by atoms with Crippen molar-refractivity contribution in [1.29, 1.82) is 0 Å². The van der Waals surface area contributed by atoms with Crippen molar-refractivity contribution in [3.05, 3.63) is 175 Å². The first-order chi connectivity index (χ1) is 22.6.